The summed E-state index contributed by atoms with van der Waals surface area (Å²) in [5, 5.41) is 15.7. The summed E-state index contributed by atoms with van der Waals surface area (Å²) in [5.74, 6) is 0. The molecule has 0 aliphatic carbocycles. The van der Waals surface area contributed by atoms with Crippen molar-refractivity contribution in [2.24, 2.45) is 5.41 Å². The number of pyridine rings is 1. The number of hydrogen-bond acceptors (Lipinski definition) is 4. The van der Waals surface area contributed by atoms with Crippen molar-refractivity contribution in [3.05, 3.63) is 24.0 Å². The Kier molecular flexibility index (Phi) is 3.60. The van der Waals surface area contributed by atoms with E-state index in [1.165, 1.54) is 12.8 Å². The summed E-state index contributed by atoms with van der Waals surface area (Å²) < 4.78 is 0. The number of nitriles is 1. The van der Waals surface area contributed by atoms with Crippen LogP contribution in [0.4, 0.5) is 5.69 Å². The summed E-state index contributed by atoms with van der Waals surface area (Å²) in [4.78, 5) is 4.05. The Hall–Kier alpha value is -1.60. The molecule has 4 nitrogen and oxygen atoms in total. The van der Waals surface area contributed by atoms with Crippen LogP contribution >= 0.6 is 0 Å². The molecule has 0 spiro atoms. The van der Waals surface area contributed by atoms with Gasteiger partial charge in [-0.25, -0.2) is 0 Å². The van der Waals surface area contributed by atoms with Gasteiger partial charge in [-0.15, -0.1) is 0 Å². The highest BCUT2D eigenvalue weighted by molar-refractivity contribution is 5.55. The van der Waals surface area contributed by atoms with Crippen LogP contribution in [0.1, 0.15) is 25.3 Å². The first-order valence-electron chi connectivity index (χ1n) is 6.02. The molecule has 1 aliphatic rings. The van der Waals surface area contributed by atoms with Crippen molar-refractivity contribution in [3.63, 3.8) is 0 Å². The van der Waals surface area contributed by atoms with Gasteiger partial charge in [-0.2, -0.15) is 5.26 Å². The molecule has 1 fully saturated rings. The van der Waals surface area contributed by atoms with Crippen molar-refractivity contribution in [1.82, 2.24) is 10.3 Å². The Morgan fingerprint density at radius 3 is 3.00 bits per heavy atom. The van der Waals surface area contributed by atoms with E-state index in [4.69, 9.17) is 5.26 Å². The van der Waals surface area contributed by atoms with Gasteiger partial charge in [0.2, 0.25) is 0 Å². The lowest BCUT2D eigenvalue weighted by molar-refractivity contribution is 0.247. The number of piperidine rings is 1. The van der Waals surface area contributed by atoms with Crippen LogP contribution in [0.2, 0.25) is 0 Å². The van der Waals surface area contributed by atoms with E-state index in [1.807, 2.05) is 0 Å². The summed E-state index contributed by atoms with van der Waals surface area (Å²) in [6.45, 7) is 5.35. The highest BCUT2D eigenvalue weighted by Crippen LogP contribution is 2.28. The summed E-state index contributed by atoms with van der Waals surface area (Å²) in [6, 6.07) is 3.92. The van der Waals surface area contributed by atoms with E-state index in [-0.39, 0.29) is 0 Å². The van der Waals surface area contributed by atoms with E-state index in [2.05, 4.69) is 28.6 Å². The maximum Gasteiger partial charge on any atom is 0.101 e. The van der Waals surface area contributed by atoms with Crippen LogP contribution in [-0.2, 0) is 0 Å². The second kappa shape index (κ2) is 5.15. The zero-order valence-corrected chi connectivity index (χ0v) is 10.2. The SMILES string of the molecule is CC1(CNc2cnccc2C#N)CCNCC1. The lowest BCUT2D eigenvalue weighted by atomic mass is 9.81. The minimum absolute atomic E-state index is 0.313. The van der Waals surface area contributed by atoms with Crippen molar-refractivity contribution >= 4 is 5.69 Å². The van der Waals surface area contributed by atoms with E-state index < -0.39 is 0 Å². The standard InChI is InChI=1S/C13H18N4/c1-13(3-6-15-7-4-13)10-17-12-9-16-5-2-11(12)8-14/h2,5,9,15,17H,3-4,6-7,10H2,1H3. The maximum atomic E-state index is 8.99. The summed E-state index contributed by atoms with van der Waals surface area (Å²) >= 11 is 0. The van der Waals surface area contributed by atoms with Gasteiger partial charge >= 0.3 is 0 Å². The van der Waals surface area contributed by atoms with Gasteiger partial charge < -0.3 is 10.6 Å². The van der Waals surface area contributed by atoms with Crippen LogP contribution < -0.4 is 10.6 Å². The Bertz CT molecular complexity index is 416. The number of aromatic nitrogens is 1. The number of hydrogen-bond donors (Lipinski definition) is 2. The normalized spacial score (nSPS) is 18.4. The average molecular weight is 230 g/mol. The topological polar surface area (TPSA) is 60.7 Å². The molecule has 0 aromatic carbocycles. The van der Waals surface area contributed by atoms with Gasteiger partial charge in [0.25, 0.3) is 0 Å². The zero-order chi connectivity index (χ0) is 12.1. The molecule has 0 radical (unpaired) electrons. The monoisotopic (exact) mass is 230 g/mol. The molecule has 2 rings (SSSR count). The van der Waals surface area contributed by atoms with Gasteiger partial charge in [0, 0.05) is 12.7 Å². The van der Waals surface area contributed by atoms with Crippen molar-refractivity contribution in [2.45, 2.75) is 19.8 Å². The fourth-order valence-electron chi connectivity index (χ4n) is 2.15. The van der Waals surface area contributed by atoms with Gasteiger partial charge in [0.1, 0.15) is 6.07 Å². The molecule has 17 heavy (non-hydrogen) atoms. The van der Waals surface area contributed by atoms with E-state index in [0.717, 1.165) is 25.3 Å². The molecule has 1 aromatic rings. The number of rotatable bonds is 3. The molecule has 2 N–H and O–H groups in total. The molecule has 0 amide bonds. The third-order valence-corrected chi connectivity index (χ3v) is 3.46. The fourth-order valence-corrected chi connectivity index (χ4v) is 2.15. The van der Waals surface area contributed by atoms with Gasteiger partial charge in [-0.05, 0) is 37.4 Å². The van der Waals surface area contributed by atoms with Crippen molar-refractivity contribution in [1.29, 1.82) is 5.26 Å². The second-order valence-corrected chi connectivity index (χ2v) is 4.95. The molecule has 1 aliphatic heterocycles. The first-order chi connectivity index (χ1) is 8.23. The third kappa shape index (κ3) is 2.95. The summed E-state index contributed by atoms with van der Waals surface area (Å²) in [5.41, 5.74) is 1.82. The summed E-state index contributed by atoms with van der Waals surface area (Å²) in [6.07, 6.45) is 5.71. The van der Waals surface area contributed by atoms with E-state index in [1.54, 1.807) is 18.5 Å². The van der Waals surface area contributed by atoms with Crippen molar-refractivity contribution < 1.29 is 0 Å². The molecule has 2 heterocycles. The van der Waals surface area contributed by atoms with Crippen LogP contribution in [-0.4, -0.2) is 24.6 Å². The first kappa shape index (κ1) is 11.9. The average Bonchev–Trinajstić information content (AvgIpc) is 2.38. The van der Waals surface area contributed by atoms with Crippen LogP contribution in [0.25, 0.3) is 0 Å². The molecule has 90 valence electrons. The highest BCUT2D eigenvalue weighted by atomic mass is 14.9. The molecule has 0 unspecified atom stereocenters. The molecular formula is C13H18N4. The smallest absolute Gasteiger partial charge is 0.101 e. The van der Waals surface area contributed by atoms with Gasteiger partial charge in [0.05, 0.1) is 17.4 Å². The summed E-state index contributed by atoms with van der Waals surface area (Å²) in [7, 11) is 0. The largest absolute Gasteiger partial charge is 0.382 e. The minimum Gasteiger partial charge on any atom is -0.382 e. The molecule has 0 bridgehead atoms. The number of anilines is 1. The number of nitrogens with one attached hydrogen (secondary N) is 2. The van der Waals surface area contributed by atoms with Crippen molar-refractivity contribution in [3.8, 4) is 6.07 Å². The predicted molar refractivity (Wildman–Crippen MR) is 67.7 cm³/mol. The quantitative estimate of drug-likeness (QED) is 0.830. The lowest BCUT2D eigenvalue weighted by Gasteiger charge is -2.34. The van der Waals surface area contributed by atoms with E-state index in [0.29, 0.717) is 11.0 Å². The lowest BCUT2D eigenvalue weighted by Crippen LogP contribution is -2.39. The second-order valence-electron chi connectivity index (χ2n) is 4.95. The predicted octanol–water partition coefficient (Wildman–Crippen LogP) is 1.75. The molecular weight excluding hydrogens is 212 g/mol. The van der Waals surface area contributed by atoms with Crippen molar-refractivity contribution in [2.75, 3.05) is 25.0 Å². The Labute approximate surface area is 102 Å². The van der Waals surface area contributed by atoms with Crippen LogP contribution in [0.15, 0.2) is 18.5 Å². The molecule has 0 atom stereocenters. The molecule has 4 heteroatoms. The third-order valence-electron chi connectivity index (χ3n) is 3.46. The molecule has 0 saturated carbocycles. The zero-order valence-electron chi connectivity index (χ0n) is 10.2. The van der Waals surface area contributed by atoms with Crippen LogP contribution in [0, 0.1) is 16.7 Å². The minimum atomic E-state index is 0.313. The Morgan fingerprint density at radius 2 is 2.29 bits per heavy atom. The van der Waals surface area contributed by atoms with E-state index in [9.17, 15) is 0 Å². The molecule has 1 aromatic heterocycles. The van der Waals surface area contributed by atoms with E-state index >= 15 is 0 Å². The van der Waals surface area contributed by atoms with Gasteiger partial charge in [0.15, 0.2) is 0 Å². The van der Waals surface area contributed by atoms with Gasteiger partial charge in [-0.1, -0.05) is 6.92 Å². The highest BCUT2D eigenvalue weighted by Gasteiger charge is 2.26. The van der Waals surface area contributed by atoms with Crippen LogP contribution in [0.3, 0.4) is 0 Å². The Morgan fingerprint density at radius 1 is 1.53 bits per heavy atom. The first-order valence-corrected chi connectivity index (χ1v) is 6.02. The van der Waals surface area contributed by atoms with Gasteiger partial charge in [-0.3, -0.25) is 4.98 Å². The molecule has 1 saturated heterocycles. The van der Waals surface area contributed by atoms with Crippen LogP contribution in [0.5, 0.6) is 0 Å². The Balaban J connectivity index is 2.00. The number of nitrogens with zero attached hydrogens (tertiary/aromatic N) is 2. The maximum absolute atomic E-state index is 8.99. The fraction of sp³-hybridized carbons (Fsp3) is 0.538.